The number of hydrogen-bond donors (Lipinski definition) is 1. The fourth-order valence-electron chi connectivity index (χ4n) is 2.61. The summed E-state index contributed by atoms with van der Waals surface area (Å²) in [4.78, 5) is 17.1. The topological polar surface area (TPSA) is 68.5 Å². The second-order valence-corrected chi connectivity index (χ2v) is 6.69. The highest BCUT2D eigenvalue weighted by atomic mass is 32.1. The number of halogens is 1. The molecule has 1 amide bonds. The Hall–Kier alpha value is -3.52. The maximum absolute atomic E-state index is 12.9. The molecule has 2 aromatic heterocycles. The number of anilines is 1. The van der Waals surface area contributed by atoms with Gasteiger partial charge in [0.15, 0.2) is 0 Å². The Bertz CT molecular complexity index is 1160. The number of aromatic nitrogens is 3. The van der Waals surface area contributed by atoms with Gasteiger partial charge in [-0.15, -0.1) is 16.4 Å². The molecule has 6 nitrogen and oxygen atoms in total. The molecular weight excluding hydrogens is 379 g/mol. The zero-order valence-electron chi connectivity index (χ0n) is 14.8. The molecule has 2 heterocycles. The molecule has 0 spiro atoms. The van der Waals surface area contributed by atoms with Crippen LogP contribution in [0.3, 0.4) is 0 Å². The van der Waals surface area contributed by atoms with Crippen molar-refractivity contribution in [2.24, 2.45) is 0 Å². The summed E-state index contributed by atoms with van der Waals surface area (Å²) in [5, 5.41) is 8.96. The van der Waals surface area contributed by atoms with Crippen molar-refractivity contribution in [1.29, 1.82) is 0 Å². The molecule has 4 aromatic rings. The molecular formula is C20H15FN4O2S. The van der Waals surface area contributed by atoms with Crippen molar-refractivity contribution >= 4 is 34.2 Å². The van der Waals surface area contributed by atoms with Gasteiger partial charge in [0, 0.05) is 17.0 Å². The number of benzene rings is 2. The van der Waals surface area contributed by atoms with Crippen molar-refractivity contribution in [2.75, 3.05) is 12.4 Å². The minimum absolute atomic E-state index is 0.213. The van der Waals surface area contributed by atoms with E-state index >= 15 is 0 Å². The first-order valence-corrected chi connectivity index (χ1v) is 9.24. The lowest BCUT2D eigenvalue weighted by molar-refractivity contribution is -0.111. The van der Waals surface area contributed by atoms with E-state index in [1.54, 1.807) is 29.8 Å². The first-order chi connectivity index (χ1) is 13.6. The van der Waals surface area contributed by atoms with Gasteiger partial charge in [0.1, 0.15) is 11.6 Å². The number of ether oxygens (including phenoxy) is 1. The maximum Gasteiger partial charge on any atom is 0.250 e. The number of fused-ring (bicyclic) bond motifs is 1. The third-order valence-corrected chi connectivity index (χ3v) is 4.80. The van der Waals surface area contributed by atoms with Crippen LogP contribution in [0.2, 0.25) is 0 Å². The summed E-state index contributed by atoms with van der Waals surface area (Å²) < 4.78 is 19.9. The fourth-order valence-corrected chi connectivity index (χ4v) is 3.44. The highest BCUT2D eigenvalue weighted by Crippen LogP contribution is 2.28. The Morgan fingerprint density at radius 1 is 1.25 bits per heavy atom. The van der Waals surface area contributed by atoms with Crippen molar-refractivity contribution in [2.45, 2.75) is 0 Å². The van der Waals surface area contributed by atoms with Gasteiger partial charge in [-0.05, 0) is 35.9 Å². The van der Waals surface area contributed by atoms with Crippen LogP contribution in [0.4, 0.5) is 10.3 Å². The highest BCUT2D eigenvalue weighted by Gasteiger charge is 2.13. The SMILES string of the molecule is COc1cccc(-c2csc3nc(NC(=O)/C=C/c4ccc(F)cc4)nn23)c1. The van der Waals surface area contributed by atoms with Gasteiger partial charge >= 0.3 is 0 Å². The van der Waals surface area contributed by atoms with Crippen LogP contribution < -0.4 is 10.1 Å². The molecule has 140 valence electrons. The lowest BCUT2D eigenvalue weighted by Crippen LogP contribution is -2.09. The Kier molecular flexibility index (Phi) is 4.86. The molecule has 28 heavy (non-hydrogen) atoms. The van der Waals surface area contributed by atoms with Gasteiger partial charge in [-0.2, -0.15) is 4.98 Å². The number of methoxy groups -OCH3 is 1. The predicted molar refractivity (Wildman–Crippen MR) is 107 cm³/mol. The molecule has 0 bridgehead atoms. The van der Waals surface area contributed by atoms with Crippen LogP contribution in [0.1, 0.15) is 5.56 Å². The Morgan fingerprint density at radius 2 is 2.07 bits per heavy atom. The monoisotopic (exact) mass is 394 g/mol. The number of thiazole rings is 1. The molecule has 0 fully saturated rings. The zero-order chi connectivity index (χ0) is 19.5. The molecule has 0 aliphatic rings. The number of nitrogens with zero attached hydrogens (tertiary/aromatic N) is 3. The molecule has 0 unspecified atom stereocenters. The minimum Gasteiger partial charge on any atom is -0.497 e. The summed E-state index contributed by atoms with van der Waals surface area (Å²) >= 11 is 1.43. The molecule has 0 saturated carbocycles. The molecule has 4 rings (SSSR count). The highest BCUT2D eigenvalue weighted by molar-refractivity contribution is 7.15. The molecule has 0 aliphatic heterocycles. The van der Waals surface area contributed by atoms with E-state index in [0.717, 1.165) is 22.6 Å². The van der Waals surface area contributed by atoms with Gasteiger partial charge in [0.2, 0.25) is 4.96 Å². The average molecular weight is 394 g/mol. The molecule has 0 atom stereocenters. The number of amides is 1. The molecule has 8 heteroatoms. The van der Waals surface area contributed by atoms with Gasteiger partial charge < -0.3 is 4.74 Å². The van der Waals surface area contributed by atoms with Crippen molar-refractivity contribution in [3.05, 3.63) is 71.4 Å². The van der Waals surface area contributed by atoms with Crippen LogP contribution in [0.25, 0.3) is 22.3 Å². The van der Waals surface area contributed by atoms with Gasteiger partial charge in [-0.25, -0.2) is 8.91 Å². The van der Waals surface area contributed by atoms with Crippen LogP contribution in [0, 0.1) is 5.82 Å². The van der Waals surface area contributed by atoms with E-state index in [-0.39, 0.29) is 17.7 Å². The summed E-state index contributed by atoms with van der Waals surface area (Å²) in [6.07, 6.45) is 2.94. The van der Waals surface area contributed by atoms with Gasteiger partial charge in [-0.3, -0.25) is 10.1 Å². The van der Waals surface area contributed by atoms with E-state index in [1.165, 1.54) is 29.5 Å². The third-order valence-electron chi connectivity index (χ3n) is 3.98. The van der Waals surface area contributed by atoms with Crippen LogP contribution >= 0.6 is 11.3 Å². The summed E-state index contributed by atoms with van der Waals surface area (Å²) in [6.45, 7) is 0. The van der Waals surface area contributed by atoms with Crippen LogP contribution in [0.5, 0.6) is 5.75 Å². The first kappa shape index (κ1) is 17.9. The molecule has 0 radical (unpaired) electrons. The van der Waals surface area contributed by atoms with E-state index in [1.807, 2.05) is 29.6 Å². The first-order valence-electron chi connectivity index (χ1n) is 8.36. The smallest absolute Gasteiger partial charge is 0.250 e. The molecule has 0 aliphatic carbocycles. The Morgan fingerprint density at radius 3 is 2.86 bits per heavy atom. The van der Waals surface area contributed by atoms with Gasteiger partial charge in [0.05, 0.1) is 12.8 Å². The predicted octanol–water partition coefficient (Wildman–Crippen LogP) is 4.26. The quantitative estimate of drug-likeness (QED) is 0.514. The summed E-state index contributed by atoms with van der Waals surface area (Å²) in [6, 6.07) is 13.5. The van der Waals surface area contributed by atoms with Crippen molar-refractivity contribution in [3.63, 3.8) is 0 Å². The van der Waals surface area contributed by atoms with E-state index in [4.69, 9.17) is 4.74 Å². The maximum atomic E-state index is 12.9. The second kappa shape index (κ2) is 7.61. The van der Waals surface area contributed by atoms with Gasteiger partial charge in [-0.1, -0.05) is 24.3 Å². The number of nitrogens with one attached hydrogen (secondary N) is 1. The zero-order valence-corrected chi connectivity index (χ0v) is 15.6. The molecule has 2 aromatic carbocycles. The lowest BCUT2D eigenvalue weighted by atomic mass is 10.2. The normalized spacial score (nSPS) is 11.2. The molecule has 0 saturated heterocycles. The Balaban J connectivity index is 1.53. The van der Waals surface area contributed by atoms with Crippen LogP contribution in [-0.4, -0.2) is 27.6 Å². The lowest BCUT2D eigenvalue weighted by Gasteiger charge is -2.02. The van der Waals surface area contributed by atoms with Crippen molar-refractivity contribution in [1.82, 2.24) is 14.6 Å². The van der Waals surface area contributed by atoms with Crippen LogP contribution in [0.15, 0.2) is 60.0 Å². The summed E-state index contributed by atoms with van der Waals surface area (Å²) in [7, 11) is 1.62. The molecule has 1 N–H and O–H groups in total. The number of rotatable bonds is 5. The average Bonchev–Trinajstić information content (AvgIpc) is 3.27. The summed E-state index contributed by atoms with van der Waals surface area (Å²) in [5.74, 6) is 0.266. The summed E-state index contributed by atoms with van der Waals surface area (Å²) in [5.41, 5.74) is 2.51. The van der Waals surface area contributed by atoms with E-state index in [0.29, 0.717) is 4.96 Å². The largest absolute Gasteiger partial charge is 0.497 e. The second-order valence-electron chi connectivity index (χ2n) is 5.86. The van der Waals surface area contributed by atoms with Crippen LogP contribution in [-0.2, 0) is 4.79 Å². The third kappa shape index (κ3) is 3.77. The van der Waals surface area contributed by atoms with E-state index in [2.05, 4.69) is 15.4 Å². The van der Waals surface area contributed by atoms with E-state index in [9.17, 15) is 9.18 Å². The minimum atomic E-state index is -0.370. The van der Waals surface area contributed by atoms with Crippen molar-refractivity contribution in [3.8, 4) is 17.0 Å². The number of carbonyl (C=O) groups excluding carboxylic acids is 1. The standard InChI is InChI=1S/C20H15FN4O2S/c1-27-16-4-2-3-14(11-16)17-12-28-20-23-19(24-25(17)20)22-18(26)10-7-13-5-8-15(21)9-6-13/h2-12H,1H3,(H,22,24,26)/b10-7+. The number of hydrogen-bond acceptors (Lipinski definition) is 5. The van der Waals surface area contributed by atoms with Gasteiger partial charge in [0.25, 0.3) is 11.9 Å². The Labute approximate surface area is 163 Å². The van der Waals surface area contributed by atoms with E-state index < -0.39 is 0 Å². The number of carbonyl (C=O) groups is 1. The van der Waals surface area contributed by atoms with Crippen molar-refractivity contribution < 1.29 is 13.9 Å². The fraction of sp³-hybridized carbons (Fsp3) is 0.0500.